The van der Waals surface area contributed by atoms with Crippen LogP contribution >= 0.6 is 10.7 Å². The summed E-state index contributed by atoms with van der Waals surface area (Å²) in [6.45, 7) is 2.08. The number of nitrogens with one attached hydrogen (secondary N) is 1. The number of hydrogen-bond acceptors (Lipinski definition) is 3. The Balaban J connectivity index is 2.14. The van der Waals surface area contributed by atoms with Crippen LogP contribution in [-0.2, 0) is 16.1 Å². The molecular weight excluding hydrogens is 276 g/mol. The van der Waals surface area contributed by atoms with Gasteiger partial charge in [0.15, 0.2) is 0 Å². The predicted octanol–water partition coefficient (Wildman–Crippen LogP) is 1.48. The minimum Gasteiger partial charge on any atom is -0.348 e. The second kappa shape index (κ2) is 4.59. The van der Waals surface area contributed by atoms with Gasteiger partial charge < -0.3 is 9.88 Å². The molecule has 0 spiro atoms. The highest BCUT2D eigenvalue weighted by Crippen LogP contribution is 2.33. The first-order valence-corrected chi connectivity index (χ1v) is 8.05. The van der Waals surface area contributed by atoms with E-state index in [0.717, 1.165) is 12.8 Å². The number of aryl methyl sites for hydroxylation is 1. The van der Waals surface area contributed by atoms with Crippen LogP contribution in [0, 0.1) is 5.92 Å². The van der Waals surface area contributed by atoms with Gasteiger partial charge in [-0.25, -0.2) is 8.42 Å². The summed E-state index contributed by atoms with van der Waals surface area (Å²) >= 11 is 0. The minimum atomic E-state index is -3.79. The highest BCUT2D eigenvalue weighted by atomic mass is 35.7. The maximum absolute atomic E-state index is 11.9. The van der Waals surface area contributed by atoms with Crippen LogP contribution in [0.3, 0.4) is 0 Å². The lowest BCUT2D eigenvalue weighted by molar-refractivity contribution is 0.0941. The molecule has 5 nitrogen and oxygen atoms in total. The summed E-state index contributed by atoms with van der Waals surface area (Å²) in [4.78, 5) is 11.9. The Morgan fingerprint density at radius 2 is 2.28 bits per heavy atom. The number of carbonyl (C=O) groups is 1. The van der Waals surface area contributed by atoms with Crippen LogP contribution < -0.4 is 5.32 Å². The van der Waals surface area contributed by atoms with Gasteiger partial charge in [-0.2, -0.15) is 0 Å². The van der Waals surface area contributed by atoms with Crippen LogP contribution in [0.5, 0.6) is 0 Å². The molecule has 0 saturated heterocycles. The van der Waals surface area contributed by atoms with E-state index in [1.54, 1.807) is 7.05 Å². The molecule has 2 unspecified atom stereocenters. The third-order valence-electron chi connectivity index (χ3n) is 3.26. The summed E-state index contributed by atoms with van der Waals surface area (Å²) in [5, 5.41) is 2.88. The van der Waals surface area contributed by atoms with E-state index in [9.17, 15) is 13.2 Å². The molecule has 0 radical (unpaired) electrons. The van der Waals surface area contributed by atoms with Crippen molar-refractivity contribution in [2.45, 2.75) is 30.7 Å². The molecular formula is C11H15ClN2O3S. The number of nitrogens with zero attached hydrogens (tertiary/aromatic N) is 1. The van der Waals surface area contributed by atoms with Crippen molar-refractivity contribution in [3.63, 3.8) is 0 Å². The van der Waals surface area contributed by atoms with Gasteiger partial charge in [0.2, 0.25) is 0 Å². The Hall–Kier alpha value is -1.01. The number of rotatable bonds is 4. The number of amides is 1. The molecule has 1 saturated carbocycles. The molecule has 0 bridgehead atoms. The molecule has 1 aliphatic rings. The summed E-state index contributed by atoms with van der Waals surface area (Å²) in [6.07, 6.45) is 3.37. The lowest BCUT2D eigenvalue weighted by atomic mass is 10.3. The van der Waals surface area contributed by atoms with E-state index in [2.05, 4.69) is 12.2 Å². The summed E-state index contributed by atoms with van der Waals surface area (Å²) < 4.78 is 23.8. The number of aromatic nitrogens is 1. The maximum Gasteiger partial charge on any atom is 0.268 e. The summed E-state index contributed by atoms with van der Waals surface area (Å²) in [5.74, 6) is 0.287. The van der Waals surface area contributed by atoms with Crippen LogP contribution in [0.1, 0.15) is 30.3 Å². The van der Waals surface area contributed by atoms with Crippen LogP contribution in [0.2, 0.25) is 0 Å². The smallest absolute Gasteiger partial charge is 0.268 e. The Morgan fingerprint density at radius 1 is 1.61 bits per heavy atom. The van der Waals surface area contributed by atoms with E-state index in [4.69, 9.17) is 10.7 Å². The predicted molar refractivity (Wildman–Crippen MR) is 68.1 cm³/mol. The van der Waals surface area contributed by atoms with Crippen molar-refractivity contribution >= 4 is 25.6 Å². The molecule has 1 aromatic heterocycles. The van der Waals surface area contributed by atoms with Gasteiger partial charge in [-0.15, -0.1) is 0 Å². The van der Waals surface area contributed by atoms with Gasteiger partial charge in [-0.05, 0) is 18.4 Å². The van der Waals surface area contributed by atoms with Crippen LogP contribution in [-0.4, -0.2) is 24.9 Å². The fourth-order valence-corrected chi connectivity index (χ4v) is 2.80. The molecule has 1 N–H and O–H groups in total. The zero-order chi connectivity index (χ0) is 13.5. The van der Waals surface area contributed by atoms with Gasteiger partial charge in [0.05, 0.1) is 0 Å². The van der Waals surface area contributed by atoms with Crippen LogP contribution in [0.4, 0.5) is 0 Å². The normalized spacial score (nSPS) is 22.8. The fraction of sp³-hybridized carbons (Fsp3) is 0.545. The Morgan fingerprint density at radius 3 is 2.72 bits per heavy atom. The SMILES string of the molecule is CCC1CC1NC(=O)c1cc(S(=O)(=O)Cl)cn1C. The van der Waals surface area contributed by atoms with E-state index >= 15 is 0 Å². The maximum atomic E-state index is 11.9. The molecule has 18 heavy (non-hydrogen) atoms. The first-order valence-electron chi connectivity index (χ1n) is 5.74. The van der Waals surface area contributed by atoms with Gasteiger partial charge in [-0.1, -0.05) is 13.3 Å². The minimum absolute atomic E-state index is 0.0559. The molecule has 2 atom stereocenters. The van der Waals surface area contributed by atoms with Crippen molar-refractivity contribution in [3.8, 4) is 0 Å². The van der Waals surface area contributed by atoms with Gasteiger partial charge >= 0.3 is 0 Å². The van der Waals surface area contributed by atoms with E-state index in [1.807, 2.05) is 0 Å². The number of halogens is 1. The molecule has 1 aromatic rings. The fourth-order valence-electron chi connectivity index (χ4n) is 2.01. The van der Waals surface area contributed by atoms with E-state index in [0.29, 0.717) is 11.6 Å². The molecule has 1 aliphatic carbocycles. The van der Waals surface area contributed by atoms with Gasteiger partial charge in [0, 0.05) is 30.0 Å². The highest BCUT2D eigenvalue weighted by molar-refractivity contribution is 8.13. The van der Waals surface area contributed by atoms with Gasteiger partial charge in [0.25, 0.3) is 15.0 Å². The molecule has 1 amide bonds. The van der Waals surface area contributed by atoms with Crippen molar-refractivity contribution in [2.75, 3.05) is 0 Å². The average molecular weight is 291 g/mol. The first kappa shape index (κ1) is 13.4. The molecule has 0 aliphatic heterocycles. The Kier molecular flexibility index (Phi) is 3.42. The van der Waals surface area contributed by atoms with Crippen molar-refractivity contribution in [1.29, 1.82) is 0 Å². The molecule has 0 aromatic carbocycles. The van der Waals surface area contributed by atoms with Crippen LogP contribution in [0.25, 0.3) is 0 Å². The van der Waals surface area contributed by atoms with Crippen molar-refractivity contribution in [3.05, 3.63) is 18.0 Å². The molecule has 1 heterocycles. The third-order valence-corrected chi connectivity index (χ3v) is 4.58. The quantitative estimate of drug-likeness (QED) is 0.854. The standard InChI is InChI=1S/C11H15ClN2O3S/c1-3-7-4-9(7)13-11(15)10-5-8(6-14(10)2)18(12,16)17/h5-7,9H,3-4H2,1-2H3,(H,13,15). The second-order valence-electron chi connectivity index (χ2n) is 4.59. The summed E-state index contributed by atoms with van der Waals surface area (Å²) in [7, 11) is 3.06. The van der Waals surface area contributed by atoms with Gasteiger partial charge in [-0.3, -0.25) is 4.79 Å². The largest absolute Gasteiger partial charge is 0.348 e. The molecule has 1 fully saturated rings. The van der Waals surface area contributed by atoms with Crippen LogP contribution in [0.15, 0.2) is 17.2 Å². The summed E-state index contributed by atoms with van der Waals surface area (Å²) in [6, 6.07) is 1.51. The molecule has 2 rings (SSSR count). The number of hydrogen-bond donors (Lipinski definition) is 1. The first-order chi connectivity index (χ1) is 8.32. The average Bonchev–Trinajstić information content (AvgIpc) is 2.88. The van der Waals surface area contributed by atoms with Crippen molar-refractivity contribution < 1.29 is 13.2 Å². The van der Waals surface area contributed by atoms with E-state index in [1.165, 1.54) is 16.8 Å². The van der Waals surface area contributed by atoms with Crippen molar-refractivity contribution in [1.82, 2.24) is 9.88 Å². The second-order valence-corrected chi connectivity index (χ2v) is 7.16. The molecule has 7 heteroatoms. The zero-order valence-corrected chi connectivity index (χ0v) is 11.8. The Labute approximate surface area is 111 Å². The van der Waals surface area contributed by atoms with Gasteiger partial charge in [0.1, 0.15) is 10.6 Å². The van der Waals surface area contributed by atoms with E-state index < -0.39 is 9.05 Å². The zero-order valence-electron chi connectivity index (χ0n) is 10.2. The van der Waals surface area contributed by atoms with E-state index in [-0.39, 0.29) is 16.8 Å². The lowest BCUT2D eigenvalue weighted by Gasteiger charge is -2.04. The number of carbonyl (C=O) groups excluding carboxylic acids is 1. The summed E-state index contributed by atoms with van der Waals surface area (Å²) in [5.41, 5.74) is 0.302. The van der Waals surface area contributed by atoms with Crippen molar-refractivity contribution in [2.24, 2.45) is 13.0 Å². The third kappa shape index (κ3) is 2.70. The topological polar surface area (TPSA) is 68.2 Å². The Bertz CT molecular complexity index is 579. The lowest BCUT2D eigenvalue weighted by Crippen LogP contribution is -2.28. The highest BCUT2D eigenvalue weighted by Gasteiger charge is 2.37. The molecule has 100 valence electrons. The monoisotopic (exact) mass is 290 g/mol.